The second kappa shape index (κ2) is 5.37. The van der Waals surface area contributed by atoms with E-state index in [9.17, 15) is 4.79 Å². The molecule has 1 aromatic heterocycles. The van der Waals surface area contributed by atoms with Crippen molar-refractivity contribution in [3.05, 3.63) is 51.7 Å². The van der Waals surface area contributed by atoms with E-state index in [1.165, 1.54) is 6.20 Å². The van der Waals surface area contributed by atoms with Gasteiger partial charge in [-0.2, -0.15) is 0 Å². The Labute approximate surface area is 117 Å². The molecule has 0 unspecified atom stereocenters. The summed E-state index contributed by atoms with van der Waals surface area (Å²) in [4.78, 5) is 15.8. The Hall–Kier alpha value is -1.59. The van der Waals surface area contributed by atoms with Gasteiger partial charge in [-0.05, 0) is 40.2 Å². The Bertz CT molecular complexity index is 604. The van der Waals surface area contributed by atoms with E-state index in [2.05, 4.69) is 26.2 Å². The number of pyridine rings is 1. The highest BCUT2D eigenvalue weighted by molar-refractivity contribution is 9.10. The summed E-state index contributed by atoms with van der Waals surface area (Å²) in [6.45, 7) is 0. The number of carbonyl (C=O) groups is 1. The number of nitrogen functional groups attached to an aromatic ring is 1. The third-order valence-electron chi connectivity index (χ3n) is 2.28. The summed E-state index contributed by atoms with van der Waals surface area (Å²) in [6.07, 6.45) is 3.04. The van der Waals surface area contributed by atoms with Gasteiger partial charge in [0.15, 0.2) is 0 Å². The Morgan fingerprint density at radius 2 is 2.17 bits per heavy atom. The molecule has 1 heterocycles. The van der Waals surface area contributed by atoms with Crippen LogP contribution in [-0.4, -0.2) is 10.9 Å². The average molecular weight is 327 g/mol. The third-order valence-corrected chi connectivity index (χ3v) is 3.50. The Morgan fingerprint density at radius 3 is 2.83 bits per heavy atom. The van der Waals surface area contributed by atoms with Crippen LogP contribution < -0.4 is 11.1 Å². The van der Waals surface area contributed by atoms with Crippen LogP contribution in [0.1, 0.15) is 10.4 Å². The lowest BCUT2D eigenvalue weighted by Gasteiger charge is -2.08. The first-order valence-electron chi connectivity index (χ1n) is 5.04. The summed E-state index contributed by atoms with van der Waals surface area (Å²) < 4.78 is 0.666. The Balaban J connectivity index is 2.22. The molecule has 0 aliphatic carbocycles. The average Bonchev–Trinajstić information content (AvgIpc) is 2.35. The largest absolute Gasteiger partial charge is 0.396 e. The number of benzene rings is 1. The van der Waals surface area contributed by atoms with E-state index in [4.69, 9.17) is 17.3 Å². The highest BCUT2D eigenvalue weighted by atomic mass is 79.9. The summed E-state index contributed by atoms with van der Waals surface area (Å²) in [5.74, 6) is -0.259. The van der Waals surface area contributed by atoms with Crippen LogP contribution in [0.3, 0.4) is 0 Å². The monoisotopic (exact) mass is 325 g/mol. The van der Waals surface area contributed by atoms with Gasteiger partial charge in [-0.15, -0.1) is 0 Å². The molecule has 92 valence electrons. The van der Waals surface area contributed by atoms with Crippen LogP contribution in [0.4, 0.5) is 11.4 Å². The number of nitrogens with one attached hydrogen (secondary N) is 1. The van der Waals surface area contributed by atoms with E-state index < -0.39 is 0 Å². The van der Waals surface area contributed by atoms with Crippen molar-refractivity contribution in [1.82, 2.24) is 4.98 Å². The van der Waals surface area contributed by atoms with Gasteiger partial charge in [0, 0.05) is 16.2 Å². The number of rotatable bonds is 2. The van der Waals surface area contributed by atoms with E-state index in [1.54, 1.807) is 30.5 Å². The summed E-state index contributed by atoms with van der Waals surface area (Å²) in [6, 6.07) is 6.57. The molecule has 2 aromatic rings. The lowest BCUT2D eigenvalue weighted by atomic mass is 10.2. The molecule has 0 saturated heterocycles. The maximum absolute atomic E-state index is 12.0. The number of carbonyl (C=O) groups excluding carboxylic acids is 1. The van der Waals surface area contributed by atoms with E-state index in [-0.39, 0.29) is 5.91 Å². The highest BCUT2D eigenvalue weighted by Gasteiger charge is 2.09. The molecule has 0 fully saturated rings. The fourth-order valence-corrected chi connectivity index (χ4v) is 1.85. The maximum atomic E-state index is 12.0. The molecule has 2 rings (SSSR count). The number of nitrogens with zero attached hydrogens (tertiary/aromatic N) is 1. The maximum Gasteiger partial charge on any atom is 0.255 e. The van der Waals surface area contributed by atoms with E-state index in [1.807, 2.05) is 0 Å². The predicted molar refractivity (Wildman–Crippen MR) is 75.8 cm³/mol. The number of anilines is 2. The van der Waals surface area contributed by atoms with E-state index in [0.717, 1.165) is 0 Å². The SMILES string of the molecule is Nc1cnccc1NC(=O)c1ccc(Cl)c(Br)c1. The van der Waals surface area contributed by atoms with Crippen LogP contribution in [0.5, 0.6) is 0 Å². The molecule has 6 heteroatoms. The van der Waals surface area contributed by atoms with Crippen molar-refractivity contribution in [3.8, 4) is 0 Å². The lowest BCUT2D eigenvalue weighted by molar-refractivity contribution is 0.102. The minimum Gasteiger partial charge on any atom is -0.396 e. The fourth-order valence-electron chi connectivity index (χ4n) is 1.35. The topological polar surface area (TPSA) is 68.0 Å². The van der Waals surface area contributed by atoms with Gasteiger partial charge in [0.2, 0.25) is 0 Å². The van der Waals surface area contributed by atoms with Gasteiger partial charge in [0.1, 0.15) is 0 Å². The molecule has 0 aliphatic heterocycles. The summed E-state index contributed by atoms with van der Waals surface area (Å²) in [5.41, 5.74) is 7.13. The van der Waals surface area contributed by atoms with Crippen LogP contribution in [-0.2, 0) is 0 Å². The zero-order valence-corrected chi connectivity index (χ0v) is 11.5. The number of amides is 1. The second-order valence-electron chi connectivity index (χ2n) is 3.55. The van der Waals surface area contributed by atoms with Crippen molar-refractivity contribution in [2.45, 2.75) is 0 Å². The third kappa shape index (κ3) is 2.80. The van der Waals surface area contributed by atoms with Crippen LogP contribution in [0.15, 0.2) is 41.1 Å². The first-order valence-corrected chi connectivity index (χ1v) is 6.21. The summed E-state index contributed by atoms with van der Waals surface area (Å²) >= 11 is 9.13. The number of nitrogens with two attached hydrogens (primary N) is 1. The first kappa shape index (κ1) is 12.9. The quantitative estimate of drug-likeness (QED) is 0.889. The Kier molecular flexibility index (Phi) is 3.84. The highest BCUT2D eigenvalue weighted by Crippen LogP contribution is 2.24. The van der Waals surface area contributed by atoms with Gasteiger partial charge in [-0.25, -0.2) is 0 Å². The Morgan fingerprint density at radius 1 is 1.39 bits per heavy atom. The van der Waals surface area contributed by atoms with Crippen molar-refractivity contribution in [2.75, 3.05) is 11.1 Å². The minimum atomic E-state index is -0.259. The predicted octanol–water partition coefficient (Wildman–Crippen LogP) is 3.33. The van der Waals surface area contributed by atoms with Crippen LogP contribution in [0.2, 0.25) is 5.02 Å². The molecule has 3 N–H and O–H groups in total. The van der Waals surface area contributed by atoms with E-state index in [0.29, 0.717) is 26.4 Å². The molecule has 0 spiro atoms. The summed E-state index contributed by atoms with van der Waals surface area (Å²) in [7, 11) is 0. The van der Waals surface area contributed by atoms with Crippen molar-refractivity contribution in [1.29, 1.82) is 0 Å². The van der Waals surface area contributed by atoms with E-state index >= 15 is 0 Å². The molecule has 0 saturated carbocycles. The molecule has 0 aliphatic rings. The van der Waals surface area contributed by atoms with Gasteiger partial charge in [0.25, 0.3) is 5.91 Å². The molecular formula is C12H9BrClN3O. The van der Waals surface area contributed by atoms with Gasteiger partial charge >= 0.3 is 0 Å². The smallest absolute Gasteiger partial charge is 0.255 e. The minimum absolute atomic E-state index is 0.259. The number of aromatic nitrogens is 1. The molecule has 18 heavy (non-hydrogen) atoms. The molecule has 1 amide bonds. The molecular weight excluding hydrogens is 318 g/mol. The van der Waals surface area contributed by atoms with Crippen molar-refractivity contribution in [2.24, 2.45) is 0 Å². The number of hydrogen-bond donors (Lipinski definition) is 2. The summed E-state index contributed by atoms with van der Waals surface area (Å²) in [5, 5.41) is 3.26. The second-order valence-corrected chi connectivity index (χ2v) is 4.81. The molecule has 0 atom stereocenters. The van der Waals surface area contributed by atoms with Crippen molar-refractivity contribution < 1.29 is 4.79 Å². The van der Waals surface area contributed by atoms with Crippen molar-refractivity contribution >= 4 is 44.8 Å². The van der Waals surface area contributed by atoms with Gasteiger partial charge in [-0.1, -0.05) is 11.6 Å². The van der Waals surface area contributed by atoms with Crippen LogP contribution in [0.25, 0.3) is 0 Å². The first-order chi connectivity index (χ1) is 8.58. The molecule has 0 bridgehead atoms. The van der Waals surface area contributed by atoms with Crippen LogP contribution in [0, 0.1) is 0 Å². The van der Waals surface area contributed by atoms with Gasteiger partial charge in [0.05, 0.1) is 22.6 Å². The lowest BCUT2D eigenvalue weighted by Crippen LogP contribution is -2.13. The number of halogens is 2. The van der Waals surface area contributed by atoms with Crippen LogP contribution >= 0.6 is 27.5 Å². The van der Waals surface area contributed by atoms with Gasteiger partial charge in [-0.3, -0.25) is 9.78 Å². The van der Waals surface area contributed by atoms with Crippen molar-refractivity contribution in [3.63, 3.8) is 0 Å². The fraction of sp³-hybridized carbons (Fsp3) is 0. The number of hydrogen-bond acceptors (Lipinski definition) is 3. The van der Waals surface area contributed by atoms with Gasteiger partial charge < -0.3 is 11.1 Å². The normalized spacial score (nSPS) is 10.1. The zero-order valence-electron chi connectivity index (χ0n) is 9.15. The molecule has 4 nitrogen and oxygen atoms in total. The zero-order chi connectivity index (χ0) is 13.1. The standard InChI is InChI=1S/C12H9BrClN3O/c13-8-5-7(1-2-9(8)14)12(18)17-11-3-4-16-6-10(11)15/h1-6H,15H2,(H,16,17,18). The molecule has 0 radical (unpaired) electrons. The molecule has 1 aromatic carbocycles.